The molecule has 0 aromatic carbocycles. The maximum atomic E-state index is 13.3. The highest BCUT2D eigenvalue weighted by Crippen LogP contribution is 2.21. The Morgan fingerprint density at radius 1 is 0.377 bits per heavy atom. The molecule has 0 aromatic heterocycles. The van der Waals surface area contributed by atoms with Crippen LogP contribution in [0.4, 0.5) is 0 Å². The zero-order valence-electron chi connectivity index (χ0n) is 42.4. The van der Waals surface area contributed by atoms with E-state index in [4.69, 9.17) is 9.47 Å². The van der Waals surface area contributed by atoms with Crippen molar-refractivity contribution in [1.82, 2.24) is 0 Å². The number of hydrogen-bond donors (Lipinski definition) is 0. The lowest BCUT2D eigenvalue weighted by Gasteiger charge is -2.32. The van der Waals surface area contributed by atoms with Gasteiger partial charge in [-0.25, -0.2) is 4.79 Å². The van der Waals surface area contributed by atoms with Crippen molar-refractivity contribution >= 4 is 11.9 Å². The molecule has 0 saturated carbocycles. The summed E-state index contributed by atoms with van der Waals surface area (Å²) in [5.41, 5.74) is 0. The zero-order valence-corrected chi connectivity index (χ0v) is 43.2. The van der Waals surface area contributed by atoms with Crippen LogP contribution in [0.2, 0.25) is 0 Å². The quantitative estimate of drug-likeness (QED) is 0.0347. The lowest BCUT2D eigenvalue weighted by Crippen LogP contribution is -3.00. The van der Waals surface area contributed by atoms with Crippen LogP contribution in [0.25, 0.3) is 0 Å². The summed E-state index contributed by atoms with van der Waals surface area (Å²) in [5.74, 6) is -0.303. The second-order valence-electron chi connectivity index (χ2n) is 20.1. The first-order chi connectivity index (χ1) is 29.3. The summed E-state index contributed by atoms with van der Waals surface area (Å²) in [7, 11) is 6.11. The fraction of sp³-hybridized carbons (Fsp3) is 0.964. The van der Waals surface area contributed by atoms with Crippen molar-refractivity contribution in [2.45, 2.75) is 315 Å². The maximum absolute atomic E-state index is 13.3. The topological polar surface area (TPSA) is 52.6 Å². The molecule has 0 bridgehead atoms. The van der Waals surface area contributed by atoms with E-state index < -0.39 is 0 Å². The summed E-state index contributed by atoms with van der Waals surface area (Å²) < 4.78 is 12.5. The summed E-state index contributed by atoms with van der Waals surface area (Å²) in [6.07, 6.45) is 56.2. The molecule has 0 aliphatic carbocycles. The maximum Gasteiger partial charge on any atom is 0.364 e. The van der Waals surface area contributed by atoms with Crippen LogP contribution in [0.15, 0.2) is 0 Å². The third kappa shape index (κ3) is 45.6. The van der Waals surface area contributed by atoms with Crippen LogP contribution in [0.5, 0.6) is 0 Å². The van der Waals surface area contributed by atoms with E-state index in [1.807, 2.05) is 21.1 Å². The van der Waals surface area contributed by atoms with Crippen LogP contribution >= 0.6 is 0 Å². The molecule has 0 unspecified atom stereocenters. The lowest BCUT2D eigenvalue weighted by molar-refractivity contribution is -0.887. The normalized spacial score (nSPS) is 12.2. The smallest absolute Gasteiger partial charge is 0.364 e. The number of carbonyl (C=O) groups is 2. The SMILES string of the molecule is CCCCCCCCCCCCCCCCCCOC(=O)[C@H](CCC(=O)OC(CCCCCCCCCCCCCC)CCCCCCCCCCCCCC)[N+](C)(C)C.[Cl-]. The van der Waals surface area contributed by atoms with Crippen LogP contribution in [-0.4, -0.2) is 56.3 Å². The number of halogens is 1. The average molecular weight is 885 g/mol. The number of esters is 2. The van der Waals surface area contributed by atoms with Crippen molar-refractivity contribution in [2.24, 2.45) is 0 Å². The van der Waals surface area contributed by atoms with Gasteiger partial charge >= 0.3 is 11.9 Å². The first kappa shape index (κ1) is 62.3. The largest absolute Gasteiger partial charge is 1.00 e. The van der Waals surface area contributed by atoms with E-state index in [1.165, 1.54) is 231 Å². The Hall–Kier alpha value is -0.810. The Morgan fingerprint density at radius 3 is 0.918 bits per heavy atom. The van der Waals surface area contributed by atoms with Crippen LogP contribution < -0.4 is 12.4 Å². The first-order valence-corrected chi connectivity index (χ1v) is 27.4. The van der Waals surface area contributed by atoms with Crippen LogP contribution in [0.1, 0.15) is 303 Å². The fourth-order valence-corrected chi connectivity index (χ4v) is 8.93. The summed E-state index contributed by atoms with van der Waals surface area (Å²) in [6, 6.07) is -0.357. The lowest BCUT2D eigenvalue weighted by atomic mass is 10.0. The van der Waals surface area contributed by atoms with Crippen molar-refractivity contribution < 1.29 is 36.0 Å². The van der Waals surface area contributed by atoms with Gasteiger partial charge in [0.2, 0.25) is 0 Å². The van der Waals surface area contributed by atoms with Gasteiger partial charge in [0.25, 0.3) is 0 Å². The molecule has 0 aliphatic rings. The van der Waals surface area contributed by atoms with E-state index in [-0.39, 0.29) is 42.9 Å². The molecule has 0 amide bonds. The van der Waals surface area contributed by atoms with Crippen molar-refractivity contribution in [3.63, 3.8) is 0 Å². The molecule has 5 nitrogen and oxygen atoms in total. The molecule has 0 rings (SSSR count). The second-order valence-corrected chi connectivity index (χ2v) is 20.1. The number of unbranched alkanes of at least 4 members (excludes halogenated alkanes) is 37. The van der Waals surface area contributed by atoms with Gasteiger partial charge < -0.3 is 26.4 Å². The molecule has 366 valence electrons. The minimum Gasteiger partial charge on any atom is -1.00 e. The predicted octanol–water partition coefficient (Wildman–Crippen LogP) is 14.7. The van der Waals surface area contributed by atoms with Crippen LogP contribution in [0.3, 0.4) is 0 Å². The van der Waals surface area contributed by atoms with Gasteiger partial charge in [-0.2, -0.15) is 0 Å². The minimum absolute atomic E-state index is 0. The average Bonchev–Trinajstić information content (AvgIpc) is 3.22. The van der Waals surface area contributed by atoms with Crippen molar-refractivity contribution in [3.05, 3.63) is 0 Å². The first-order valence-electron chi connectivity index (χ1n) is 27.4. The van der Waals surface area contributed by atoms with Gasteiger partial charge in [-0.15, -0.1) is 0 Å². The molecule has 0 heterocycles. The number of quaternary nitrogens is 1. The molecule has 0 aliphatic heterocycles. The Bertz CT molecular complexity index is 864. The summed E-state index contributed by atoms with van der Waals surface area (Å²) in [6.45, 7) is 7.35. The number of likely N-dealkylation sites (N-methyl/N-ethyl adjacent to an activating group) is 1. The third-order valence-electron chi connectivity index (χ3n) is 13.1. The van der Waals surface area contributed by atoms with Gasteiger partial charge in [-0.1, -0.05) is 258 Å². The number of hydrogen-bond acceptors (Lipinski definition) is 4. The Balaban J connectivity index is 0. The predicted molar refractivity (Wildman–Crippen MR) is 263 cm³/mol. The van der Waals surface area contributed by atoms with E-state index in [0.29, 0.717) is 17.5 Å². The third-order valence-corrected chi connectivity index (χ3v) is 13.1. The second kappa shape index (κ2) is 48.6. The highest BCUT2D eigenvalue weighted by Gasteiger charge is 2.34. The van der Waals surface area contributed by atoms with Gasteiger partial charge in [-0.05, 0) is 32.1 Å². The molecule has 61 heavy (non-hydrogen) atoms. The van der Waals surface area contributed by atoms with Gasteiger partial charge in [0.15, 0.2) is 6.04 Å². The van der Waals surface area contributed by atoms with E-state index in [9.17, 15) is 9.59 Å². The highest BCUT2D eigenvalue weighted by molar-refractivity contribution is 5.76. The summed E-state index contributed by atoms with van der Waals surface area (Å²) in [5, 5.41) is 0. The monoisotopic (exact) mass is 884 g/mol. The van der Waals surface area contributed by atoms with Gasteiger partial charge in [-0.3, -0.25) is 4.79 Å². The molecule has 0 radical (unpaired) electrons. The Kier molecular flexibility index (Phi) is 49.7. The van der Waals surface area contributed by atoms with E-state index >= 15 is 0 Å². The van der Waals surface area contributed by atoms with E-state index in [1.54, 1.807) is 0 Å². The number of nitrogens with zero attached hydrogens (tertiary/aromatic N) is 1. The standard InChI is InChI=1S/C55H110NO4.ClH/c1-7-10-13-16-19-22-25-28-29-30-31-34-37-40-43-46-51-59-55(58)53(56(4,5)6)49-50-54(57)60-52(47-44-41-38-35-32-26-23-20-17-14-11-8-2)48-45-42-39-36-33-27-24-21-18-15-12-9-3;/h52-53H,7-51H2,1-6H3;1H/q+1;/p-1/t53-;/m0./s1. The van der Waals surface area contributed by atoms with E-state index in [2.05, 4.69) is 20.8 Å². The van der Waals surface area contributed by atoms with Crippen LogP contribution in [-0.2, 0) is 19.1 Å². The van der Waals surface area contributed by atoms with Gasteiger partial charge in [0.05, 0.1) is 34.2 Å². The molecule has 0 aromatic rings. The van der Waals surface area contributed by atoms with Crippen LogP contribution in [0, 0.1) is 0 Å². The number of ether oxygens (including phenoxy) is 2. The molecule has 6 heteroatoms. The molecule has 0 fully saturated rings. The zero-order chi connectivity index (χ0) is 44.0. The Labute approximate surface area is 389 Å². The number of carbonyl (C=O) groups excluding carboxylic acids is 2. The fourth-order valence-electron chi connectivity index (χ4n) is 8.93. The summed E-state index contributed by atoms with van der Waals surface area (Å²) in [4.78, 5) is 26.6. The van der Waals surface area contributed by atoms with Crippen molar-refractivity contribution in [3.8, 4) is 0 Å². The van der Waals surface area contributed by atoms with Crippen molar-refractivity contribution in [2.75, 3.05) is 27.7 Å². The molecule has 0 saturated heterocycles. The molecule has 1 atom stereocenters. The molecule has 0 N–H and O–H groups in total. The molecular formula is C55H110ClNO4. The van der Waals surface area contributed by atoms with Crippen molar-refractivity contribution in [1.29, 1.82) is 0 Å². The minimum atomic E-state index is -0.357. The van der Waals surface area contributed by atoms with E-state index in [0.717, 1.165) is 38.5 Å². The highest BCUT2D eigenvalue weighted by atomic mass is 35.5. The number of rotatable bonds is 49. The molecular weight excluding hydrogens is 774 g/mol. The summed E-state index contributed by atoms with van der Waals surface area (Å²) >= 11 is 0. The van der Waals surface area contributed by atoms with Gasteiger partial charge in [0, 0.05) is 6.42 Å². The molecule has 0 spiro atoms. The van der Waals surface area contributed by atoms with Gasteiger partial charge in [0.1, 0.15) is 6.10 Å². The Morgan fingerprint density at radius 2 is 0.639 bits per heavy atom.